The van der Waals surface area contributed by atoms with Crippen molar-refractivity contribution in [2.75, 3.05) is 0 Å². The summed E-state index contributed by atoms with van der Waals surface area (Å²) in [6.45, 7) is 4.44. The molecule has 0 fully saturated rings. The highest BCUT2D eigenvalue weighted by Crippen LogP contribution is 2.19. The van der Waals surface area contributed by atoms with Crippen LogP contribution in [0.2, 0.25) is 0 Å². The highest BCUT2D eigenvalue weighted by molar-refractivity contribution is 5.20. The van der Waals surface area contributed by atoms with Crippen LogP contribution in [0.5, 0.6) is 11.6 Å². The zero-order valence-electron chi connectivity index (χ0n) is 9.87. The number of ether oxygens (including phenoxy) is 1. The predicted octanol–water partition coefficient (Wildman–Crippen LogP) is 1.50. The van der Waals surface area contributed by atoms with Crippen molar-refractivity contribution in [3.63, 3.8) is 0 Å². The monoisotopic (exact) mass is 233 g/mol. The molecule has 90 valence electrons. The van der Waals surface area contributed by atoms with E-state index in [0.29, 0.717) is 29.9 Å². The second kappa shape index (κ2) is 4.92. The minimum atomic E-state index is 0.300. The van der Waals surface area contributed by atoms with E-state index in [-0.39, 0.29) is 0 Å². The summed E-state index contributed by atoms with van der Waals surface area (Å²) >= 11 is 0. The first kappa shape index (κ1) is 11.5. The van der Waals surface area contributed by atoms with Crippen LogP contribution in [0.4, 0.5) is 0 Å². The maximum Gasteiger partial charge on any atom is 0.238 e. The lowest BCUT2D eigenvalue weighted by Crippen LogP contribution is -2.01. The Balaban J connectivity index is 2.13. The van der Waals surface area contributed by atoms with Crippen molar-refractivity contribution < 1.29 is 4.74 Å². The van der Waals surface area contributed by atoms with Crippen molar-refractivity contribution in [3.05, 3.63) is 30.5 Å². The van der Waals surface area contributed by atoms with E-state index in [1.807, 2.05) is 24.7 Å². The second-order valence-corrected chi connectivity index (χ2v) is 3.90. The van der Waals surface area contributed by atoms with Crippen LogP contribution in [0.1, 0.15) is 25.6 Å². The largest absolute Gasteiger partial charge is 0.434 e. The van der Waals surface area contributed by atoms with Crippen LogP contribution < -0.4 is 10.5 Å². The van der Waals surface area contributed by atoms with Gasteiger partial charge in [-0.15, -0.1) is 0 Å². The molecule has 2 heterocycles. The predicted molar refractivity (Wildman–Crippen MR) is 62.6 cm³/mol. The molecule has 0 bridgehead atoms. The van der Waals surface area contributed by atoms with Crippen molar-refractivity contribution in [2.45, 2.75) is 26.4 Å². The Morgan fingerprint density at radius 1 is 1.35 bits per heavy atom. The van der Waals surface area contributed by atoms with E-state index >= 15 is 0 Å². The molecule has 0 saturated heterocycles. The van der Waals surface area contributed by atoms with Crippen molar-refractivity contribution in [1.82, 2.24) is 19.7 Å². The van der Waals surface area contributed by atoms with Gasteiger partial charge in [-0.25, -0.2) is 4.98 Å². The highest BCUT2D eigenvalue weighted by Gasteiger charge is 2.05. The quantitative estimate of drug-likeness (QED) is 0.865. The molecule has 0 unspecified atom stereocenters. The van der Waals surface area contributed by atoms with Crippen LogP contribution in [0.3, 0.4) is 0 Å². The minimum absolute atomic E-state index is 0.300. The van der Waals surface area contributed by atoms with Gasteiger partial charge in [-0.2, -0.15) is 5.10 Å². The average Bonchev–Trinajstić information content (AvgIpc) is 2.78. The van der Waals surface area contributed by atoms with E-state index in [1.54, 1.807) is 18.6 Å². The summed E-state index contributed by atoms with van der Waals surface area (Å²) in [6.07, 6.45) is 6.63. The number of aromatic nitrogens is 4. The lowest BCUT2D eigenvalue weighted by atomic mass is 10.4. The van der Waals surface area contributed by atoms with Gasteiger partial charge in [0.05, 0.1) is 24.3 Å². The topological polar surface area (TPSA) is 78.9 Å². The molecule has 0 aliphatic heterocycles. The van der Waals surface area contributed by atoms with Gasteiger partial charge >= 0.3 is 0 Å². The molecule has 0 aliphatic carbocycles. The van der Waals surface area contributed by atoms with E-state index in [9.17, 15) is 0 Å². The maximum atomic E-state index is 5.54. The van der Waals surface area contributed by atoms with Crippen molar-refractivity contribution in [3.8, 4) is 11.6 Å². The van der Waals surface area contributed by atoms with E-state index < -0.39 is 0 Å². The third-order valence-corrected chi connectivity index (χ3v) is 2.20. The van der Waals surface area contributed by atoms with E-state index in [4.69, 9.17) is 10.5 Å². The smallest absolute Gasteiger partial charge is 0.238 e. The summed E-state index contributed by atoms with van der Waals surface area (Å²) in [5.74, 6) is 1.07. The summed E-state index contributed by atoms with van der Waals surface area (Å²) in [6, 6.07) is 0.300. The van der Waals surface area contributed by atoms with Crippen LogP contribution >= 0.6 is 0 Å². The standard InChI is InChI=1S/C11H15N5O/c1-8(2)16-7-10(5-14-16)17-11-6-13-4-9(3-12)15-11/h4-8H,3,12H2,1-2H3. The fraction of sp³-hybridized carbons (Fsp3) is 0.364. The van der Waals surface area contributed by atoms with E-state index in [1.165, 1.54) is 0 Å². The molecule has 0 aliphatic rings. The molecule has 6 heteroatoms. The van der Waals surface area contributed by atoms with Crippen molar-refractivity contribution >= 4 is 0 Å². The Kier molecular flexibility index (Phi) is 3.34. The number of hydrogen-bond donors (Lipinski definition) is 1. The SMILES string of the molecule is CC(C)n1cc(Oc2cncc(CN)n2)cn1. The van der Waals surface area contributed by atoms with Crippen LogP contribution in [0.25, 0.3) is 0 Å². The molecule has 0 saturated carbocycles. The van der Waals surface area contributed by atoms with Crippen LogP contribution in [-0.4, -0.2) is 19.7 Å². The summed E-state index contributed by atoms with van der Waals surface area (Å²) in [5.41, 5.74) is 6.17. The average molecular weight is 233 g/mol. The van der Waals surface area contributed by atoms with Gasteiger partial charge in [0.25, 0.3) is 0 Å². The zero-order valence-corrected chi connectivity index (χ0v) is 9.87. The van der Waals surface area contributed by atoms with Crippen LogP contribution in [0, 0.1) is 0 Å². The van der Waals surface area contributed by atoms with Gasteiger partial charge in [-0.1, -0.05) is 0 Å². The van der Waals surface area contributed by atoms with Crippen molar-refractivity contribution in [1.29, 1.82) is 0 Å². The number of hydrogen-bond acceptors (Lipinski definition) is 5. The number of nitrogens with zero attached hydrogens (tertiary/aromatic N) is 4. The molecule has 6 nitrogen and oxygen atoms in total. The number of rotatable bonds is 4. The molecule has 2 aromatic rings. The summed E-state index contributed by atoms with van der Waals surface area (Å²) in [5, 5.41) is 4.17. The first-order chi connectivity index (χ1) is 8.19. The maximum absolute atomic E-state index is 5.54. The molecular weight excluding hydrogens is 218 g/mol. The van der Waals surface area contributed by atoms with Gasteiger partial charge in [-0.3, -0.25) is 9.67 Å². The summed E-state index contributed by atoms with van der Waals surface area (Å²) < 4.78 is 7.35. The normalized spacial score (nSPS) is 10.8. The van der Waals surface area contributed by atoms with Gasteiger partial charge < -0.3 is 10.5 Å². The fourth-order valence-corrected chi connectivity index (χ4v) is 1.31. The third-order valence-electron chi connectivity index (χ3n) is 2.20. The van der Waals surface area contributed by atoms with Gasteiger partial charge in [0.15, 0.2) is 5.75 Å². The summed E-state index contributed by atoms with van der Waals surface area (Å²) in [4.78, 5) is 8.19. The Bertz CT molecular complexity index is 494. The molecule has 0 radical (unpaired) electrons. The second-order valence-electron chi connectivity index (χ2n) is 3.90. The molecule has 0 atom stereocenters. The Labute approximate surface area is 99.4 Å². The molecule has 0 spiro atoms. The lowest BCUT2D eigenvalue weighted by Gasteiger charge is -2.04. The minimum Gasteiger partial charge on any atom is -0.434 e. The van der Waals surface area contributed by atoms with Crippen LogP contribution in [0.15, 0.2) is 24.8 Å². The Morgan fingerprint density at radius 2 is 2.18 bits per heavy atom. The van der Waals surface area contributed by atoms with Gasteiger partial charge in [-0.05, 0) is 13.8 Å². The van der Waals surface area contributed by atoms with E-state index in [0.717, 1.165) is 0 Å². The number of nitrogens with two attached hydrogens (primary N) is 1. The molecule has 0 aromatic carbocycles. The molecule has 0 amide bonds. The fourth-order valence-electron chi connectivity index (χ4n) is 1.31. The summed E-state index contributed by atoms with van der Waals surface area (Å²) in [7, 11) is 0. The molecular formula is C11H15N5O. The Morgan fingerprint density at radius 3 is 2.82 bits per heavy atom. The van der Waals surface area contributed by atoms with Crippen LogP contribution in [-0.2, 0) is 6.54 Å². The molecule has 2 N–H and O–H groups in total. The van der Waals surface area contributed by atoms with E-state index in [2.05, 4.69) is 15.1 Å². The van der Waals surface area contributed by atoms with Gasteiger partial charge in [0, 0.05) is 18.8 Å². The lowest BCUT2D eigenvalue weighted by molar-refractivity contribution is 0.454. The first-order valence-corrected chi connectivity index (χ1v) is 5.42. The molecule has 2 rings (SSSR count). The highest BCUT2D eigenvalue weighted by atomic mass is 16.5. The first-order valence-electron chi connectivity index (χ1n) is 5.42. The third kappa shape index (κ3) is 2.79. The Hall–Kier alpha value is -1.95. The van der Waals surface area contributed by atoms with Gasteiger partial charge in [0.1, 0.15) is 0 Å². The van der Waals surface area contributed by atoms with Gasteiger partial charge in [0.2, 0.25) is 5.88 Å². The zero-order chi connectivity index (χ0) is 12.3. The molecule has 2 aromatic heterocycles. The van der Waals surface area contributed by atoms with Crippen molar-refractivity contribution in [2.24, 2.45) is 5.73 Å². The molecule has 17 heavy (non-hydrogen) atoms.